The van der Waals surface area contributed by atoms with Crippen LogP contribution < -0.4 is 9.47 Å². The molecule has 0 saturated heterocycles. The van der Waals surface area contributed by atoms with Crippen LogP contribution in [0.3, 0.4) is 0 Å². The predicted octanol–water partition coefficient (Wildman–Crippen LogP) is 6.55. The van der Waals surface area contributed by atoms with Gasteiger partial charge in [-0.05, 0) is 35.0 Å². The van der Waals surface area contributed by atoms with Crippen molar-refractivity contribution >= 4 is 43.4 Å². The highest BCUT2D eigenvalue weighted by Crippen LogP contribution is 2.33. The quantitative estimate of drug-likeness (QED) is 0.236. The number of hydrogen-bond acceptors (Lipinski definition) is 4. The van der Waals surface area contributed by atoms with Crippen LogP contribution in [0.5, 0.6) is 11.5 Å². The molecule has 0 aliphatic carbocycles. The summed E-state index contributed by atoms with van der Waals surface area (Å²) in [5, 5.41) is 6.49. The Kier molecular flexibility index (Phi) is 4.54. The maximum Gasteiger partial charge on any atom is 0.129 e. The van der Waals surface area contributed by atoms with E-state index in [0.29, 0.717) is 13.2 Å². The van der Waals surface area contributed by atoms with Gasteiger partial charge < -0.3 is 9.47 Å². The maximum absolute atomic E-state index is 6.17. The lowest BCUT2D eigenvalue weighted by atomic mass is 10.1. The number of ether oxygens (including phenoxy) is 2. The number of nitrogens with zero attached hydrogens (tertiary/aromatic N) is 2. The molecule has 6 rings (SSSR count). The summed E-state index contributed by atoms with van der Waals surface area (Å²) in [6.45, 7) is 0.855. The number of fused-ring (bicyclic) bond motifs is 6. The Labute approximate surface area is 185 Å². The standard InChI is InChI=1S/C28H20N2O2/c1-5-19-11-13-21-7-3-15-29-27(21)25(19)23(9-1)31-17-18-32-24-10-2-6-20-12-14-22-8-4-16-30-28(22)26(20)24/h1-16H,17-18H2. The zero-order valence-electron chi connectivity index (χ0n) is 17.4. The van der Waals surface area contributed by atoms with E-state index in [9.17, 15) is 0 Å². The molecule has 4 aromatic carbocycles. The monoisotopic (exact) mass is 416 g/mol. The van der Waals surface area contributed by atoms with Crippen LogP contribution in [0.1, 0.15) is 0 Å². The smallest absolute Gasteiger partial charge is 0.129 e. The SMILES string of the molecule is c1cnc2c(c1)ccc1cccc(OCCOc3cccc4ccc5cccnc5c34)c12. The first-order valence-corrected chi connectivity index (χ1v) is 10.7. The number of rotatable bonds is 5. The zero-order valence-corrected chi connectivity index (χ0v) is 17.4. The van der Waals surface area contributed by atoms with E-state index < -0.39 is 0 Å². The van der Waals surface area contributed by atoms with Gasteiger partial charge in [-0.1, -0.05) is 60.7 Å². The molecule has 2 heterocycles. The summed E-state index contributed by atoms with van der Waals surface area (Å²) < 4.78 is 12.3. The van der Waals surface area contributed by atoms with Crippen LogP contribution in [-0.2, 0) is 0 Å². The van der Waals surface area contributed by atoms with Crippen molar-refractivity contribution in [3.8, 4) is 11.5 Å². The molecule has 0 amide bonds. The molecule has 0 spiro atoms. The second-order valence-electron chi connectivity index (χ2n) is 7.69. The Hall–Kier alpha value is -4.18. The lowest BCUT2D eigenvalue weighted by Crippen LogP contribution is -2.09. The maximum atomic E-state index is 6.17. The molecule has 2 aromatic heterocycles. The van der Waals surface area contributed by atoms with E-state index in [1.54, 1.807) is 0 Å². The Morgan fingerprint density at radius 1 is 0.469 bits per heavy atom. The van der Waals surface area contributed by atoms with E-state index >= 15 is 0 Å². The van der Waals surface area contributed by atoms with E-state index in [4.69, 9.17) is 9.47 Å². The van der Waals surface area contributed by atoms with Crippen molar-refractivity contribution in [1.29, 1.82) is 0 Å². The van der Waals surface area contributed by atoms with Gasteiger partial charge in [-0.2, -0.15) is 0 Å². The molecule has 0 fully saturated rings. The molecular weight excluding hydrogens is 396 g/mol. The molecule has 0 atom stereocenters. The molecule has 0 N–H and O–H groups in total. The van der Waals surface area contributed by atoms with Crippen LogP contribution in [0.15, 0.2) is 97.3 Å². The molecule has 32 heavy (non-hydrogen) atoms. The summed E-state index contributed by atoms with van der Waals surface area (Å²) in [5.74, 6) is 1.64. The molecule has 6 aromatic rings. The Balaban J connectivity index is 1.28. The fourth-order valence-electron chi connectivity index (χ4n) is 4.31. The van der Waals surface area contributed by atoms with E-state index in [1.807, 2.05) is 48.8 Å². The molecule has 154 valence electrons. The van der Waals surface area contributed by atoms with Crippen molar-refractivity contribution < 1.29 is 9.47 Å². The van der Waals surface area contributed by atoms with Crippen molar-refractivity contribution in [2.24, 2.45) is 0 Å². The van der Waals surface area contributed by atoms with Gasteiger partial charge in [0, 0.05) is 23.2 Å². The van der Waals surface area contributed by atoms with E-state index in [2.05, 4.69) is 58.5 Å². The first kappa shape index (κ1) is 18.6. The summed E-state index contributed by atoms with van der Waals surface area (Å²) in [4.78, 5) is 9.18. The Bertz CT molecular complexity index is 1470. The van der Waals surface area contributed by atoms with Crippen molar-refractivity contribution in [3.63, 3.8) is 0 Å². The van der Waals surface area contributed by atoms with Crippen molar-refractivity contribution in [3.05, 3.63) is 97.3 Å². The highest BCUT2D eigenvalue weighted by molar-refractivity contribution is 6.09. The number of benzene rings is 4. The molecule has 0 bridgehead atoms. The minimum Gasteiger partial charge on any atom is -0.489 e. The Morgan fingerprint density at radius 3 is 1.41 bits per heavy atom. The fraction of sp³-hybridized carbons (Fsp3) is 0.0714. The molecule has 0 saturated carbocycles. The van der Waals surface area contributed by atoms with Gasteiger partial charge in [0.25, 0.3) is 0 Å². The summed E-state index contributed by atoms with van der Waals surface area (Å²) in [6, 6.07) is 28.6. The third kappa shape index (κ3) is 3.17. The van der Waals surface area contributed by atoms with Gasteiger partial charge in [0.2, 0.25) is 0 Å². The molecule has 0 aliphatic rings. The topological polar surface area (TPSA) is 44.2 Å². The van der Waals surface area contributed by atoms with Gasteiger partial charge in [0.05, 0.1) is 21.8 Å². The minimum absolute atomic E-state index is 0.427. The summed E-state index contributed by atoms with van der Waals surface area (Å²) in [5.41, 5.74) is 1.90. The van der Waals surface area contributed by atoms with E-state index in [0.717, 1.165) is 54.8 Å². The van der Waals surface area contributed by atoms with E-state index in [1.165, 1.54) is 0 Å². The number of pyridine rings is 2. The van der Waals surface area contributed by atoms with Gasteiger partial charge in [-0.15, -0.1) is 0 Å². The number of aromatic nitrogens is 2. The van der Waals surface area contributed by atoms with Crippen LogP contribution in [0.25, 0.3) is 43.4 Å². The van der Waals surface area contributed by atoms with Gasteiger partial charge in [-0.3, -0.25) is 9.97 Å². The minimum atomic E-state index is 0.427. The molecule has 0 unspecified atom stereocenters. The van der Waals surface area contributed by atoms with Gasteiger partial charge in [0.1, 0.15) is 24.7 Å². The lowest BCUT2D eigenvalue weighted by Gasteiger charge is -2.13. The third-order valence-electron chi connectivity index (χ3n) is 5.75. The third-order valence-corrected chi connectivity index (χ3v) is 5.75. The normalized spacial score (nSPS) is 11.4. The summed E-state index contributed by atoms with van der Waals surface area (Å²) in [7, 11) is 0. The van der Waals surface area contributed by atoms with Gasteiger partial charge in [-0.25, -0.2) is 0 Å². The first-order chi connectivity index (χ1) is 15.9. The van der Waals surface area contributed by atoms with Crippen LogP contribution >= 0.6 is 0 Å². The average molecular weight is 416 g/mol. The Morgan fingerprint density at radius 2 is 0.906 bits per heavy atom. The summed E-state index contributed by atoms with van der Waals surface area (Å²) in [6.07, 6.45) is 3.64. The van der Waals surface area contributed by atoms with Crippen LogP contribution in [0, 0.1) is 0 Å². The zero-order chi connectivity index (χ0) is 21.3. The van der Waals surface area contributed by atoms with Crippen molar-refractivity contribution in [2.75, 3.05) is 13.2 Å². The lowest BCUT2D eigenvalue weighted by molar-refractivity contribution is 0.220. The second-order valence-corrected chi connectivity index (χ2v) is 7.69. The van der Waals surface area contributed by atoms with Crippen molar-refractivity contribution in [1.82, 2.24) is 9.97 Å². The van der Waals surface area contributed by atoms with Crippen LogP contribution in [0.4, 0.5) is 0 Å². The molecule has 4 nitrogen and oxygen atoms in total. The van der Waals surface area contributed by atoms with Gasteiger partial charge >= 0.3 is 0 Å². The highest BCUT2D eigenvalue weighted by Gasteiger charge is 2.10. The fourth-order valence-corrected chi connectivity index (χ4v) is 4.31. The van der Waals surface area contributed by atoms with Crippen molar-refractivity contribution in [2.45, 2.75) is 0 Å². The van der Waals surface area contributed by atoms with Crippen LogP contribution in [0.2, 0.25) is 0 Å². The van der Waals surface area contributed by atoms with Crippen LogP contribution in [-0.4, -0.2) is 23.2 Å². The number of hydrogen-bond donors (Lipinski definition) is 0. The molecule has 0 aliphatic heterocycles. The second kappa shape index (κ2) is 7.82. The average Bonchev–Trinajstić information content (AvgIpc) is 2.86. The predicted molar refractivity (Wildman–Crippen MR) is 129 cm³/mol. The molecular formula is C28H20N2O2. The first-order valence-electron chi connectivity index (χ1n) is 10.7. The largest absolute Gasteiger partial charge is 0.489 e. The highest BCUT2D eigenvalue weighted by atomic mass is 16.5. The van der Waals surface area contributed by atoms with Gasteiger partial charge in [0.15, 0.2) is 0 Å². The van der Waals surface area contributed by atoms with E-state index in [-0.39, 0.29) is 0 Å². The summed E-state index contributed by atoms with van der Waals surface area (Å²) >= 11 is 0. The molecule has 4 heteroatoms. The molecule has 0 radical (unpaired) electrons.